The van der Waals surface area contributed by atoms with E-state index in [1.807, 2.05) is 26.0 Å². The molecule has 0 unspecified atom stereocenters. The minimum absolute atomic E-state index is 0.0766. The molecular formula is C24H24N2O5. The molecule has 160 valence electrons. The van der Waals surface area contributed by atoms with Crippen LogP contribution in [0.1, 0.15) is 43.6 Å². The molecule has 0 saturated heterocycles. The fourth-order valence-corrected chi connectivity index (χ4v) is 4.02. The van der Waals surface area contributed by atoms with E-state index in [0.717, 1.165) is 53.5 Å². The predicted octanol–water partition coefficient (Wildman–Crippen LogP) is 5.66. The summed E-state index contributed by atoms with van der Waals surface area (Å²) in [6, 6.07) is 9.81. The van der Waals surface area contributed by atoms with Gasteiger partial charge in [0.2, 0.25) is 5.91 Å². The summed E-state index contributed by atoms with van der Waals surface area (Å²) in [7, 11) is 0. The first-order valence-corrected chi connectivity index (χ1v) is 10.4. The van der Waals surface area contributed by atoms with Gasteiger partial charge >= 0.3 is 0 Å². The Balaban J connectivity index is 1.66. The summed E-state index contributed by atoms with van der Waals surface area (Å²) in [5.74, 6) is 1.35. The lowest BCUT2D eigenvalue weighted by Gasteiger charge is -2.12. The maximum atomic E-state index is 12.6. The quantitative estimate of drug-likeness (QED) is 0.315. The van der Waals surface area contributed by atoms with Crippen LogP contribution in [-0.2, 0) is 17.6 Å². The molecule has 1 aromatic heterocycles. The lowest BCUT2D eigenvalue weighted by molar-refractivity contribution is -0.384. The highest BCUT2D eigenvalue weighted by Gasteiger charge is 2.20. The molecule has 0 aliphatic heterocycles. The number of carbonyl (C=O) groups excluding carboxylic acids is 1. The first-order chi connectivity index (χ1) is 15.0. The molecule has 0 atom stereocenters. The topological polar surface area (TPSA) is 94.6 Å². The zero-order valence-electron chi connectivity index (χ0n) is 17.6. The van der Waals surface area contributed by atoms with Gasteiger partial charge in [-0.05, 0) is 50.8 Å². The minimum atomic E-state index is -0.494. The Morgan fingerprint density at radius 3 is 2.84 bits per heavy atom. The zero-order chi connectivity index (χ0) is 22.0. The summed E-state index contributed by atoms with van der Waals surface area (Å²) in [5.41, 5.74) is 3.92. The van der Waals surface area contributed by atoms with Crippen LogP contribution in [0.4, 0.5) is 11.4 Å². The Morgan fingerprint density at radius 1 is 1.26 bits per heavy atom. The number of allylic oxidation sites excluding steroid dienone is 1. The molecule has 0 saturated carbocycles. The van der Waals surface area contributed by atoms with Gasteiger partial charge in [0.15, 0.2) is 0 Å². The summed E-state index contributed by atoms with van der Waals surface area (Å²) in [6.07, 6.45) is 5.70. The van der Waals surface area contributed by atoms with Gasteiger partial charge in [-0.15, -0.1) is 0 Å². The van der Waals surface area contributed by atoms with Crippen LogP contribution in [0.3, 0.4) is 0 Å². The number of nitro benzene ring substituents is 1. The fourth-order valence-electron chi connectivity index (χ4n) is 4.02. The van der Waals surface area contributed by atoms with E-state index >= 15 is 0 Å². The van der Waals surface area contributed by atoms with Gasteiger partial charge in [0.25, 0.3) is 5.69 Å². The Bertz CT molecular complexity index is 1190. The van der Waals surface area contributed by atoms with Crippen LogP contribution in [0.15, 0.2) is 46.9 Å². The van der Waals surface area contributed by atoms with Crippen molar-refractivity contribution in [3.05, 3.63) is 69.5 Å². The number of fused-ring (bicyclic) bond motifs is 3. The molecule has 1 heterocycles. The Kier molecular flexibility index (Phi) is 5.75. The van der Waals surface area contributed by atoms with E-state index < -0.39 is 4.92 Å². The molecule has 2 aromatic carbocycles. The molecule has 3 aromatic rings. The van der Waals surface area contributed by atoms with Crippen molar-refractivity contribution in [3.63, 3.8) is 0 Å². The number of non-ortho nitro benzene ring substituents is 1. The van der Waals surface area contributed by atoms with Gasteiger partial charge in [-0.2, -0.15) is 0 Å². The van der Waals surface area contributed by atoms with Gasteiger partial charge in [0, 0.05) is 52.9 Å². The summed E-state index contributed by atoms with van der Waals surface area (Å²) >= 11 is 0. The number of hydrogen-bond acceptors (Lipinski definition) is 5. The van der Waals surface area contributed by atoms with E-state index in [1.54, 1.807) is 6.07 Å². The van der Waals surface area contributed by atoms with Crippen LogP contribution in [0.2, 0.25) is 0 Å². The van der Waals surface area contributed by atoms with Crippen molar-refractivity contribution in [2.75, 3.05) is 11.9 Å². The third-order valence-corrected chi connectivity index (χ3v) is 5.45. The normalized spacial score (nSPS) is 13.7. The van der Waals surface area contributed by atoms with Gasteiger partial charge in [-0.1, -0.05) is 6.07 Å². The van der Waals surface area contributed by atoms with E-state index in [0.29, 0.717) is 18.0 Å². The summed E-state index contributed by atoms with van der Waals surface area (Å²) in [5, 5.41) is 14.7. The molecule has 1 amide bonds. The average molecular weight is 420 g/mol. The molecule has 7 heteroatoms. The molecule has 0 spiro atoms. The second-order valence-electron chi connectivity index (χ2n) is 7.61. The van der Waals surface area contributed by atoms with Gasteiger partial charge in [-0.25, -0.2) is 0 Å². The molecule has 0 bridgehead atoms. The summed E-state index contributed by atoms with van der Waals surface area (Å²) in [6.45, 7) is 4.25. The summed E-state index contributed by atoms with van der Waals surface area (Å²) < 4.78 is 11.9. The fraction of sp³-hybridized carbons (Fsp3) is 0.292. The highest BCUT2D eigenvalue weighted by molar-refractivity contribution is 6.04. The Hall–Kier alpha value is -3.61. The van der Waals surface area contributed by atoms with E-state index in [-0.39, 0.29) is 11.6 Å². The van der Waals surface area contributed by atoms with Crippen LogP contribution in [-0.4, -0.2) is 17.4 Å². The van der Waals surface area contributed by atoms with Gasteiger partial charge in [0.1, 0.15) is 17.1 Å². The van der Waals surface area contributed by atoms with Crippen LogP contribution >= 0.6 is 0 Å². The van der Waals surface area contributed by atoms with Crippen molar-refractivity contribution in [3.8, 4) is 5.75 Å². The second kappa shape index (κ2) is 8.63. The Morgan fingerprint density at radius 2 is 2.06 bits per heavy atom. The van der Waals surface area contributed by atoms with Gasteiger partial charge < -0.3 is 14.5 Å². The van der Waals surface area contributed by atoms with Crippen LogP contribution in [0.25, 0.3) is 16.5 Å². The predicted molar refractivity (Wildman–Crippen MR) is 119 cm³/mol. The van der Waals surface area contributed by atoms with Crippen LogP contribution in [0.5, 0.6) is 5.75 Å². The largest absolute Gasteiger partial charge is 0.493 e. The number of anilines is 1. The van der Waals surface area contributed by atoms with Crippen molar-refractivity contribution >= 4 is 33.8 Å². The third-order valence-electron chi connectivity index (χ3n) is 5.45. The maximum absolute atomic E-state index is 12.6. The molecular weight excluding hydrogens is 396 g/mol. The van der Waals surface area contributed by atoms with Crippen molar-refractivity contribution in [2.45, 2.75) is 39.5 Å². The number of carbonyl (C=O) groups is 1. The highest BCUT2D eigenvalue weighted by atomic mass is 16.6. The van der Waals surface area contributed by atoms with Crippen molar-refractivity contribution < 1.29 is 18.9 Å². The lowest BCUT2D eigenvalue weighted by Crippen LogP contribution is -2.09. The number of ether oxygens (including phenoxy) is 1. The third kappa shape index (κ3) is 4.30. The lowest BCUT2D eigenvalue weighted by atomic mass is 9.94. The monoisotopic (exact) mass is 420 g/mol. The number of amides is 1. The molecule has 4 rings (SSSR count). The smallest absolute Gasteiger partial charge is 0.271 e. The number of furan rings is 1. The minimum Gasteiger partial charge on any atom is -0.493 e. The number of nitrogens with zero attached hydrogens (tertiary/aromatic N) is 1. The molecule has 0 radical (unpaired) electrons. The molecule has 0 fully saturated rings. The number of hydrogen-bond donors (Lipinski definition) is 1. The maximum Gasteiger partial charge on any atom is 0.271 e. The van der Waals surface area contributed by atoms with Crippen LogP contribution < -0.4 is 10.1 Å². The zero-order valence-corrected chi connectivity index (χ0v) is 17.6. The molecule has 1 N–H and O–H groups in total. The van der Waals surface area contributed by atoms with Gasteiger partial charge in [-0.3, -0.25) is 14.9 Å². The first kappa shape index (κ1) is 20.7. The van der Waals surface area contributed by atoms with Crippen LogP contribution in [0, 0.1) is 10.1 Å². The highest BCUT2D eigenvalue weighted by Crippen LogP contribution is 2.38. The van der Waals surface area contributed by atoms with Crippen molar-refractivity contribution in [1.82, 2.24) is 0 Å². The molecule has 1 aliphatic carbocycles. The number of rotatable bonds is 6. The number of benzene rings is 2. The van der Waals surface area contributed by atoms with E-state index in [1.165, 1.54) is 29.8 Å². The van der Waals surface area contributed by atoms with E-state index in [2.05, 4.69) is 5.32 Å². The van der Waals surface area contributed by atoms with E-state index in [9.17, 15) is 14.9 Å². The standard InChI is InChI=1S/C24H24N2O5/c1-3-30-22-14-23-20(18-9-4-5-10-21(18)31-23)13-19(22)15(2)11-24(27)25-16-7-6-8-17(12-16)26(28)29/h6-8,11-14H,3-5,9-10H2,1-2H3,(H,25,27)/b15-11+. The van der Waals surface area contributed by atoms with E-state index in [4.69, 9.17) is 9.15 Å². The number of nitro groups is 1. The second-order valence-corrected chi connectivity index (χ2v) is 7.61. The number of aryl methyl sites for hydroxylation is 2. The summed E-state index contributed by atoms with van der Waals surface area (Å²) in [4.78, 5) is 23.0. The molecule has 31 heavy (non-hydrogen) atoms. The molecule has 1 aliphatic rings. The average Bonchev–Trinajstić information content (AvgIpc) is 3.11. The van der Waals surface area contributed by atoms with Crippen molar-refractivity contribution in [2.24, 2.45) is 0 Å². The molecule has 7 nitrogen and oxygen atoms in total. The Labute approximate surface area is 179 Å². The van der Waals surface area contributed by atoms with Crippen molar-refractivity contribution in [1.29, 1.82) is 0 Å². The van der Waals surface area contributed by atoms with Gasteiger partial charge in [0.05, 0.1) is 11.5 Å². The SMILES string of the molecule is CCOc1cc2oc3c(c2cc1/C(C)=C/C(=O)Nc1cccc([N+](=O)[O-])c1)CCCC3. The first-order valence-electron chi connectivity index (χ1n) is 10.4. The number of nitrogens with one attached hydrogen (secondary N) is 1.